The monoisotopic (exact) mass is 276 g/mol. The van der Waals surface area contributed by atoms with Gasteiger partial charge in [-0.1, -0.05) is 13.8 Å². The zero-order valence-corrected chi connectivity index (χ0v) is 11.9. The summed E-state index contributed by atoms with van der Waals surface area (Å²) in [5.74, 6) is 0.332. The number of carbonyl (C=O) groups is 1. The first-order chi connectivity index (χ1) is 9.45. The predicted molar refractivity (Wildman–Crippen MR) is 79.4 cm³/mol. The van der Waals surface area contributed by atoms with Gasteiger partial charge < -0.3 is 20.8 Å². The molecule has 2 rings (SSSR count). The number of carbonyl (C=O) groups excluding carboxylic acids is 1. The van der Waals surface area contributed by atoms with E-state index < -0.39 is 6.04 Å². The average Bonchev–Trinajstić information content (AvgIpc) is 2.76. The molecule has 6 nitrogen and oxygen atoms in total. The fourth-order valence-corrected chi connectivity index (χ4v) is 1.71. The summed E-state index contributed by atoms with van der Waals surface area (Å²) in [4.78, 5) is 16.1. The SMILES string of the molecule is CC(C)CNC(=O)C(C)Nc1nc2cc(N)ccc2o1. The molecule has 0 saturated heterocycles. The number of aromatic nitrogens is 1. The molecule has 0 bridgehead atoms. The Morgan fingerprint density at radius 3 is 2.85 bits per heavy atom. The van der Waals surface area contributed by atoms with Crippen molar-refractivity contribution in [3.63, 3.8) is 0 Å². The lowest BCUT2D eigenvalue weighted by molar-refractivity contribution is -0.121. The lowest BCUT2D eigenvalue weighted by Gasteiger charge is -2.13. The molecule has 0 saturated carbocycles. The van der Waals surface area contributed by atoms with Crippen LogP contribution in [0.4, 0.5) is 11.7 Å². The Kier molecular flexibility index (Phi) is 4.12. The van der Waals surface area contributed by atoms with Crippen LogP contribution < -0.4 is 16.4 Å². The van der Waals surface area contributed by atoms with E-state index in [-0.39, 0.29) is 5.91 Å². The fourth-order valence-electron chi connectivity index (χ4n) is 1.71. The molecule has 1 heterocycles. The maximum Gasteiger partial charge on any atom is 0.296 e. The maximum absolute atomic E-state index is 11.9. The van der Waals surface area contributed by atoms with Gasteiger partial charge in [0, 0.05) is 12.2 Å². The molecule has 0 aliphatic carbocycles. The van der Waals surface area contributed by atoms with Gasteiger partial charge >= 0.3 is 0 Å². The molecule has 2 aromatic rings. The van der Waals surface area contributed by atoms with Crippen LogP contribution in [0.5, 0.6) is 0 Å². The van der Waals surface area contributed by atoms with Crippen molar-refractivity contribution >= 4 is 28.7 Å². The quantitative estimate of drug-likeness (QED) is 0.726. The summed E-state index contributed by atoms with van der Waals surface area (Å²) in [6.45, 7) is 6.50. The van der Waals surface area contributed by atoms with Crippen molar-refractivity contribution in [1.29, 1.82) is 0 Å². The number of anilines is 2. The van der Waals surface area contributed by atoms with Gasteiger partial charge in [0.25, 0.3) is 6.01 Å². The van der Waals surface area contributed by atoms with Gasteiger partial charge in [-0.15, -0.1) is 0 Å². The highest BCUT2D eigenvalue weighted by molar-refractivity contribution is 5.84. The molecule has 20 heavy (non-hydrogen) atoms. The van der Waals surface area contributed by atoms with E-state index in [1.165, 1.54) is 0 Å². The van der Waals surface area contributed by atoms with Crippen LogP contribution in [0.3, 0.4) is 0 Å². The lowest BCUT2D eigenvalue weighted by Crippen LogP contribution is -2.39. The Hall–Kier alpha value is -2.24. The topological polar surface area (TPSA) is 93.2 Å². The smallest absolute Gasteiger partial charge is 0.296 e. The summed E-state index contributed by atoms with van der Waals surface area (Å²) >= 11 is 0. The summed E-state index contributed by atoms with van der Waals surface area (Å²) < 4.78 is 5.51. The van der Waals surface area contributed by atoms with Crippen LogP contribution in [0.15, 0.2) is 22.6 Å². The maximum atomic E-state index is 11.9. The molecule has 0 aliphatic rings. The number of oxazole rings is 1. The van der Waals surface area contributed by atoms with E-state index in [9.17, 15) is 4.79 Å². The van der Waals surface area contributed by atoms with Crippen molar-refractivity contribution in [3.05, 3.63) is 18.2 Å². The average molecular weight is 276 g/mol. The highest BCUT2D eigenvalue weighted by atomic mass is 16.4. The zero-order valence-electron chi connectivity index (χ0n) is 11.9. The molecule has 0 radical (unpaired) electrons. The van der Waals surface area contributed by atoms with E-state index in [0.29, 0.717) is 35.3 Å². The predicted octanol–water partition coefficient (Wildman–Crippen LogP) is 1.98. The molecule has 1 unspecified atom stereocenters. The molecule has 108 valence electrons. The Bertz CT molecular complexity index is 606. The lowest BCUT2D eigenvalue weighted by atomic mass is 10.2. The van der Waals surface area contributed by atoms with Crippen molar-refractivity contribution in [1.82, 2.24) is 10.3 Å². The van der Waals surface area contributed by atoms with Crippen molar-refractivity contribution in [2.45, 2.75) is 26.8 Å². The van der Waals surface area contributed by atoms with E-state index in [2.05, 4.69) is 15.6 Å². The molecular weight excluding hydrogens is 256 g/mol. The van der Waals surface area contributed by atoms with Crippen LogP contribution in [0.2, 0.25) is 0 Å². The Morgan fingerprint density at radius 1 is 1.40 bits per heavy atom. The second-order valence-electron chi connectivity index (χ2n) is 5.25. The number of nitrogens with one attached hydrogen (secondary N) is 2. The molecule has 1 aromatic heterocycles. The van der Waals surface area contributed by atoms with Crippen molar-refractivity contribution in [2.75, 3.05) is 17.6 Å². The number of nitrogen functional groups attached to an aromatic ring is 1. The number of amides is 1. The second-order valence-corrected chi connectivity index (χ2v) is 5.25. The third kappa shape index (κ3) is 3.40. The first kappa shape index (κ1) is 14.2. The second kappa shape index (κ2) is 5.81. The number of hydrogen-bond donors (Lipinski definition) is 3. The van der Waals surface area contributed by atoms with Gasteiger partial charge in [-0.25, -0.2) is 0 Å². The molecule has 1 amide bonds. The first-order valence-electron chi connectivity index (χ1n) is 6.66. The minimum Gasteiger partial charge on any atom is -0.424 e. The van der Waals surface area contributed by atoms with Crippen LogP contribution in [0, 0.1) is 5.92 Å². The number of rotatable bonds is 5. The van der Waals surface area contributed by atoms with E-state index in [1.54, 1.807) is 25.1 Å². The summed E-state index contributed by atoms with van der Waals surface area (Å²) in [5.41, 5.74) is 7.61. The molecule has 0 fully saturated rings. The van der Waals surface area contributed by atoms with E-state index in [0.717, 1.165) is 0 Å². The standard InChI is InChI=1S/C14H20N4O2/c1-8(2)7-16-13(19)9(3)17-14-18-11-6-10(15)4-5-12(11)20-14/h4-6,8-9H,7,15H2,1-3H3,(H,16,19)(H,17,18). The van der Waals surface area contributed by atoms with Gasteiger partial charge in [0.15, 0.2) is 5.58 Å². The molecule has 1 atom stereocenters. The van der Waals surface area contributed by atoms with Gasteiger partial charge in [-0.3, -0.25) is 4.79 Å². The number of hydrogen-bond acceptors (Lipinski definition) is 5. The highest BCUT2D eigenvalue weighted by Crippen LogP contribution is 2.21. The molecule has 4 N–H and O–H groups in total. The van der Waals surface area contributed by atoms with E-state index >= 15 is 0 Å². The van der Waals surface area contributed by atoms with Crippen LogP contribution in [-0.2, 0) is 4.79 Å². The normalized spacial score (nSPS) is 12.6. The third-order valence-electron chi connectivity index (χ3n) is 2.83. The van der Waals surface area contributed by atoms with Gasteiger partial charge in [-0.05, 0) is 31.0 Å². The Balaban J connectivity index is 2.02. The van der Waals surface area contributed by atoms with Gasteiger partial charge in [-0.2, -0.15) is 4.98 Å². The summed E-state index contributed by atoms with van der Waals surface area (Å²) in [6.07, 6.45) is 0. The van der Waals surface area contributed by atoms with Gasteiger partial charge in [0.05, 0.1) is 0 Å². The Labute approximate surface area is 117 Å². The van der Waals surface area contributed by atoms with E-state index in [1.807, 2.05) is 13.8 Å². The molecule has 6 heteroatoms. The van der Waals surface area contributed by atoms with Crippen molar-refractivity contribution in [3.8, 4) is 0 Å². The van der Waals surface area contributed by atoms with Crippen molar-refractivity contribution < 1.29 is 9.21 Å². The minimum absolute atomic E-state index is 0.0829. The fraction of sp³-hybridized carbons (Fsp3) is 0.429. The number of fused-ring (bicyclic) bond motifs is 1. The third-order valence-corrected chi connectivity index (χ3v) is 2.83. The number of nitrogens with zero attached hydrogens (tertiary/aromatic N) is 1. The summed E-state index contributed by atoms with van der Waals surface area (Å²) in [5, 5.41) is 5.80. The molecule has 0 aliphatic heterocycles. The summed E-state index contributed by atoms with van der Waals surface area (Å²) in [6, 6.07) is 5.13. The summed E-state index contributed by atoms with van der Waals surface area (Å²) in [7, 11) is 0. The van der Waals surface area contributed by atoms with Crippen LogP contribution in [0.1, 0.15) is 20.8 Å². The van der Waals surface area contributed by atoms with E-state index in [4.69, 9.17) is 10.2 Å². The Morgan fingerprint density at radius 2 is 2.15 bits per heavy atom. The zero-order chi connectivity index (χ0) is 14.7. The molecule has 1 aromatic carbocycles. The molecule has 0 spiro atoms. The van der Waals surface area contributed by atoms with Gasteiger partial charge in [0.1, 0.15) is 11.6 Å². The van der Waals surface area contributed by atoms with Crippen molar-refractivity contribution in [2.24, 2.45) is 5.92 Å². The number of nitrogens with two attached hydrogens (primary N) is 1. The molecular formula is C14H20N4O2. The first-order valence-corrected chi connectivity index (χ1v) is 6.66. The highest BCUT2D eigenvalue weighted by Gasteiger charge is 2.15. The largest absolute Gasteiger partial charge is 0.424 e. The van der Waals surface area contributed by atoms with Crippen LogP contribution >= 0.6 is 0 Å². The van der Waals surface area contributed by atoms with Gasteiger partial charge in [0.2, 0.25) is 5.91 Å². The minimum atomic E-state index is -0.417. The number of benzene rings is 1. The van der Waals surface area contributed by atoms with Crippen LogP contribution in [0.25, 0.3) is 11.1 Å². The van der Waals surface area contributed by atoms with Crippen LogP contribution in [-0.4, -0.2) is 23.5 Å².